The van der Waals surface area contributed by atoms with E-state index in [2.05, 4.69) is 34.6 Å². The Morgan fingerprint density at radius 3 is 2.40 bits per heavy atom. The van der Waals surface area contributed by atoms with Gasteiger partial charge >= 0.3 is 0 Å². The first-order valence-electron chi connectivity index (χ1n) is 11.5. The molecular formula is C25H40. The SMILES string of the molecule is C=C1[C@@]23CC[C@@H](C)[C@@H]4C[C@]5(C)CC[C@@H](C(C)C)[C@H]5C[C@@]14[C@H]2CC[C@H]3C. The lowest BCUT2D eigenvalue weighted by Crippen LogP contribution is -2.63. The molecular weight excluding hydrogens is 300 g/mol. The summed E-state index contributed by atoms with van der Waals surface area (Å²) in [6.07, 6.45) is 11.9. The maximum Gasteiger partial charge on any atom is -0.00144 e. The standard InChI is InChI=1S/C25H40/c1-15(2)19-10-11-23(6)13-20-16(3)9-12-24-17(4)7-8-22(24)25(20,18(24)5)14-21(19)23/h15-17,19-22H,5,7-14H2,1-4,6H3/t16-,17-,19+,20+,21-,22+,23+,24+,25-/m1/s1. The highest BCUT2D eigenvalue weighted by Gasteiger charge is 2.76. The summed E-state index contributed by atoms with van der Waals surface area (Å²) in [5, 5.41) is 0. The van der Waals surface area contributed by atoms with Crippen LogP contribution in [0.25, 0.3) is 0 Å². The van der Waals surface area contributed by atoms with Gasteiger partial charge in [0, 0.05) is 0 Å². The summed E-state index contributed by atoms with van der Waals surface area (Å²) in [7, 11) is 0. The summed E-state index contributed by atoms with van der Waals surface area (Å²) in [5.41, 5.74) is 3.50. The number of rotatable bonds is 1. The molecule has 9 atom stereocenters. The average Bonchev–Trinajstić information content (AvgIpc) is 3.00. The molecule has 0 N–H and O–H groups in total. The molecule has 5 rings (SSSR count). The zero-order chi connectivity index (χ0) is 17.8. The quantitative estimate of drug-likeness (QED) is 0.446. The summed E-state index contributed by atoms with van der Waals surface area (Å²) >= 11 is 0. The topological polar surface area (TPSA) is 0 Å². The molecule has 0 aromatic rings. The Kier molecular flexibility index (Phi) is 3.35. The number of hydrogen-bond donors (Lipinski definition) is 0. The van der Waals surface area contributed by atoms with Gasteiger partial charge in [0.2, 0.25) is 0 Å². The van der Waals surface area contributed by atoms with Crippen molar-refractivity contribution in [3.63, 3.8) is 0 Å². The van der Waals surface area contributed by atoms with E-state index in [0.717, 1.165) is 41.4 Å². The highest BCUT2D eigenvalue weighted by Crippen LogP contribution is 2.83. The molecule has 0 aromatic heterocycles. The summed E-state index contributed by atoms with van der Waals surface area (Å²) in [6, 6.07) is 0. The van der Waals surface area contributed by atoms with Gasteiger partial charge in [-0.1, -0.05) is 46.8 Å². The summed E-state index contributed by atoms with van der Waals surface area (Å²) < 4.78 is 0. The van der Waals surface area contributed by atoms with Gasteiger partial charge in [-0.25, -0.2) is 0 Å². The molecule has 2 bridgehead atoms. The fraction of sp³-hybridized carbons (Fsp3) is 0.920. The van der Waals surface area contributed by atoms with Gasteiger partial charge in [0.05, 0.1) is 0 Å². The highest BCUT2D eigenvalue weighted by atomic mass is 14.8. The lowest BCUT2D eigenvalue weighted by molar-refractivity contribution is -0.140. The van der Waals surface area contributed by atoms with Crippen molar-refractivity contribution in [1.82, 2.24) is 0 Å². The first kappa shape index (κ1) is 16.9. The molecule has 0 unspecified atom stereocenters. The molecule has 5 fully saturated rings. The molecule has 0 aliphatic heterocycles. The van der Waals surface area contributed by atoms with Gasteiger partial charge < -0.3 is 0 Å². The molecule has 0 heterocycles. The van der Waals surface area contributed by atoms with E-state index in [4.69, 9.17) is 6.58 Å². The maximum atomic E-state index is 4.91. The van der Waals surface area contributed by atoms with E-state index in [1.165, 1.54) is 51.4 Å². The smallest absolute Gasteiger partial charge is 0.00144 e. The van der Waals surface area contributed by atoms with Crippen LogP contribution < -0.4 is 0 Å². The van der Waals surface area contributed by atoms with Crippen molar-refractivity contribution in [3.05, 3.63) is 12.2 Å². The lowest BCUT2D eigenvalue weighted by Gasteiger charge is -2.70. The molecule has 0 aromatic carbocycles. The summed E-state index contributed by atoms with van der Waals surface area (Å²) in [6.45, 7) is 17.7. The van der Waals surface area contributed by atoms with E-state index < -0.39 is 0 Å². The predicted molar refractivity (Wildman–Crippen MR) is 106 cm³/mol. The van der Waals surface area contributed by atoms with Crippen molar-refractivity contribution >= 4 is 0 Å². The Morgan fingerprint density at radius 2 is 1.68 bits per heavy atom. The van der Waals surface area contributed by atoms with Gasteiger partial charge in [0.1, 0.15) is 0 Å². The van der Waals surface area contributed by atoms with Gasteiger partial charge in [-0.15, -0.1) is 0 Å². The van der Waals surface area contributed by atoms with E-state index in [1.54, 1.807) is 5.57 Å². The van der Waals surface area contributed by atoms with E-state index in [0.29, 0.717) is 16.2 Å². The molecule has 0 saturated heterocycles. The van der Waals surface area contributed by atoms with Crippen LogP contribution in [-0.2, 0) is 0 Å². The Labute approximate surface area is 156 Å². The van der Waals surface area contributed by atoms with Crippen molar-refractivity contribution in [2.45, 2.75) is 86.0 Å². The number of hydrogen-bond acceptors (Lipinski definition) is 0. The minimum Gasteiger partial charge on any atom is -0.0987 e. The van der Waals surface area contributed by atoms with Crippen molar-refractivity contribution in [2.75, 3.05) is 0 Å². The van der Waals surface area contributed by atoms with Crippen molar-refractivity contribution in [2.24, 2.45) is 57.7 Å². The largest absolute Gasteiger partial charge is 0.0987 e. The summed E-state index contributed by atoms with van der Waals surface area (Å²) in [4.78, 5) is 0. The van der Waals surface area contributed by atoms with E-state index in [1.807, 2.05) is 0 Å². The van der Waals surface area contributed by atoms with Gasteiger partial charge in [-0.2, -0.15) is 0 Å². The Morgan fingerprint density at radius 1 is 0.920 bits per heavy atom. The van der Waals surface area contributed by atoms with Gasteiger partial charge in [0.25, 0.3) is 0 Å². The van der Waals surface area contributed by atoms with E-state index >= 15 is 0 Å². The van der Waals surface area contributed by atoms with Crippen LogP contribution in [0.15, 0.2) is 12.2 Å². The molecule has 5 saturated carbocycles. The highest BCUT2D eigenvalue weighted by molar-refractivity contribution is 5.42. The molecule has 5 aliphatic rings. The molecule has 0 heteroatoms. The van der Waals surface area contributed by atoms with Crippen LogP contribution >= 0.6 is 0 Å². The third-order valence-electron chi connectivity index (χ3n) is 11.1. The van der Waals surface area contributed by atoms with Crippen LogP contribution in [0.3, 0.4) is 0 Å². The second-order valence-electron chi connectivity index (χ2n) is 11.8. The molecule has 140 valence electrons. The second-order valence-corrected chi connectivity index (χ2v) is 11.8. The minimum atomic E-state index is 0.544. The molecule has 0 radical (unpaired) electrons. The van der Waals surface area contributed by atoms with Gasteiger partial charge in [-0.05, 0) is 109 Å². The fourth-order valence-corrected chi connectivity index (χ4v) is 9.81. The first-order valence-corrected chi connectivity index (χ1v) is 11.5. The van der Waals surface area contributed by atoms with Crippen LogP contribution in [0.1, 0.15) is 86.0 Å². The first-order chi connectivity index (χ1) is 11.8. The van der Waals surface area contributed by atoms with Crippen molar-refractivity contribution < 1.29 is 0 Å². The Hall–Kier alpha value is -0.260. The van der Waals surface area contributed by atoms with Gasteiger partial charge in [0.15, 0.2) is 0 Å². The maximum absolute atomic E-state index is 4.91. The van der Waals surface area contributed by atoms with Crippen LogP contribution in [-0.4, -0.2) is 0 Å². The molecule has 0 nitrogen and oxygen atoms in total. The second kappa shape index (κ2) is 4.96. The van der Waals surface area contributed by atoms with Gasteiger partial charge in [-0.3, -0.25) is 0 Å². The monoisotopic (exact) mass is 340 g/mol. The fourth-order valence-electron chi connectivity index (χ4n) is 9.81. The van der Waals surface area contributed by atoms with Crippen LogP contribution in [0, 0.1) is 57.7 Å². The third-order valence-corrected chi connectivity index (χ3v) is 11.1. The van der Waals surface area contributed by atoms with Crippen molar-refractivity contribution in [3.8, 4) is 0 Å². The zero-order valence-corrected chi connectivity index (χ0v) is 17.4. The molecule has 25 heavy (non-hydrogen) atoms. The third kappa shape index (κ3) is 1.72. The Balaban J connectivity index is 1.60. The average molecular weight is 341 g/mol. The number of fused-ring (bicyclic) bond motifs is 1. The zero-order valence-electron chi connectivity index (χ0n) is 17.4. The van der Waals surface area contributed by atoms with Crippen molar-refractivity contribution in [1.29, 1.82) is 0 Å². The number of allylic oxidation sites excluding steroid dienone is 1. The predicted octanol–water partition coefficient (Wildman–Crippen LogP) is 7.10. The molecule has 5 aliphatic carbocycles. The van der Waals surface area contributed by atoms with Crippen LogP contribution in [0.2, 0.25) is 0 Å². The molecule has 0 amide bonds. The van der Waals surface area contributed by atoms with E-state index in [-0.39, 0.29) is 0 Å². The summed E-state index contributed by atoms with van der Waals surface area (Å²) in [5.74, 6) is 6.57. The van der Waals surface area contributed by atoms with E-state index in [9.17, 15) is 0 Å². The molecule has 2 spiro atoms. The van der Waals surface area contributed by atoms with Crippen LogP contribution in [0.4, 0.5) is 0 Å². The normalized spacial score (nSPS) is 59.8. The Bertz CT molecular complexity index is 601. The van der Waals surface area contributed by atoms with Crippen LogP contribution in [0.5, 0.6) is 0 Å². The lowest BCUT2D eigenvalue weighted by atomic mass is 9.34. The minimum absolute atomic E-state index is 0.544.